The summed E-state index contributed by atoms with van der Waals surface area (Å²) in [6.07, 6.45) is 4.68. The lowest BCUT2D eigenvalue weighted by atomic mass is 9.33. The number of aryl methyl sites for hydroxylation is 1. The summed E-state index contributed by atoms with van der Waals surface area (Å²) < 4.78 is 0. The highest BCUT2D eigenvalue weighted by Gasteiger charge is 2.48. The lowest BCUT2D eigenvalue weighted by molar-refractivity contribution is 0.332. The summed E-state index contributed by atoms with van der Waals surface area (Å²) >= 11 is 0. The summed E-state index contributed by atoms with van der Waals surface area (Å²) in [6.45, 7) is 29.1. The van der Waals surface area contributed by atoms with Gasteiger partial charge in [0.15, 0.2) is 0 Å². The third-order valence-corrected chi connectivity index (χ3v) is 17.7. The van der Waals surface area contributed by atoms with E-state index in [0.29, 0.717) is 0 Å². The zero-order valence-corrected chi connectivity index (χ0v) is 45.4. The minimum Gasteiger partial charge on any atom is -0.311 e. The maximum absolute atomic E-state index is 2.69. The van der Waals surface area contributed by atoms with E-state index in [1.165, 1.54) is 108 Å². The first-order valence-corrected chi connectivity index (χ1v) is 27.0. The van der Waals surface area contributed by atoms with Gasteiger partial charge in [0, 0.05) is 51.1 Å². The SMILES string of the molecule is Cc1cc2c3c(c1)N(c1ccc(C(C)(C)C)cc1-c1ccccc1)c1cc(N(c4ccccc4)c4ccccc4)ccc1B3c1cc3c(cc1N2c1ccc2c(c1)C(C)(C)CCC2(C)C)C(C)(C)CCC3(C)C. The molecular formula is C69H72BN3. The Morgan fingerprint density at radius 2 is 0.945 bits per heavy atom. The van der Waals surface area contributed by atoms with Crippen LogP contribution in [0.4, 0.5) is 51.2 Å². The molecule has 4 heteroatoms. The number of benzene rings is 8. The molecule has 8 aromatic carbocycles. The minimum atomic E-state index is -0.0428. The van der Waals surface area contributed by atoms with Crippen LogP contribution in [-0.4, -0.2) is 6.71 Å². The van der Waals surface area contributed by atoms with Gasteiger partial charge in [0.05, 0.1) is 5.69 Å². The highest BCUT2D eigenvalue weighted by Crippen LogP contribution is 2.54. The quantitative estimate of drug-likeness (QED) is 0.154. The van der Waals surface area contributed by atoms with E-state index in [0.717, 1.165) is 29.9 Å². The number of hydrogen-bond acceptors (Lipinski definition) is 3. The first-order chi connectivity index (χ1) is 34.7. The van der Waals surface area contributed by atoms with Crippen LogP contribution >= 0.6 is 0 Å². The zero-order chi connectivity index (χ0) is 51.0. The molecule has 0 atom stereocenters. The van der Waals surface area contributed by atoms with E-state index in [-0.39, 0.29) is 33.8 Å². The highest BCUT2D eigenvalue weighted by molar-refractivity contribution is 7.00. The van der Waals surface area contributed by atoms with Crippen molar-refractivity contribution in [1.82, 2.24) is 0 Å². The summed E-state index contributed by atoms with van der Waals surface area (Å²) in [4.78, 5) is 7.77. The average Bonchev–Trinajstić information content (AvgIpc) is 3.37. The number of para-hydroxylation sites is 2. The van der Waals surface area contributed by atoms with Crippen molar-refractivity contribution in [3.05, 3.63) is 203 Å². The maximum Gasteiger partial charge on any atom is 0.252 e. The van der Waals surface area contributed by atoms with Crippen molar-refractivity contribution in [2.75, 3.05) is 14.7 Å². The van der Waals surface area contributed by atoms with Crippen LogP contribution in [0.1, 0.15) is 135 Å². The molecule has 0 aromatic heterocycles. The molecule has 366 valence electrons. The fourth-order valence-electron chi connectivity index (χ4n) is 13.2. The molecular weight excluding hydrogens is 882 g/mol. The Bertz CT molecular complexity index is 3430. The molecule has 0 bridgehead atoms. The van der Waals surface area contributed by atoms with Crippen molar-refractivity contribution in [3.8, 4) is 11.1 Å². The molecule has 0 radical (unpaired) electrons. The molecule has 2 aliphatic carbocycles. The molecule has 0 spiro atoms. The smallest absolute Gasteiger partial charge is 0.252 e. The van der Waals surface area contributed by atoms with E-state index >= 15 is 0 Å². The first kappa shape index (κ1) is 47.2. The van der Waals surface area contributed by atoms with Gasteiger partial charge in [-0.3, -0.25) is 0 Å². The van der Waals surface area contributed by atoms with Gasteiger partial charge in [-0.2, -0.15) is 0 Å². The normalized spacial score (nSPS) is 17.5. The van der Waals surface area contributed by atoms with Gasteiger partial charge in [0.2, 0.25) is 0 Å². The van der Waals surface area contributed by atoms with Crippen LogP contribution in [0.25, 0.3) is 11.1 Å². The van der Waals surface area contributed by atoms with Crippen LogP contribution in [0.2, 0.25) is 0 Å². The van der Waals surface area contributed by atoms with Gasteiger partial charge in [-0.15, -0.1) is 0 Å². The zero-order valence-electron chi connectivity index (χ0n) is 45.4. The molecule has 0 saturated heterocycles. The third-order valence-electron chi connectivity index (χ3n) is 17.7. The van der Waals surface area contributed by atoms with Crippen molar-refractivity contribution in [2.45, 2.75) is 136 Å². The Morgan fingerprint density at radius 3 is 1.53 bits per heavy atom. The lowest BCUT2D eigenvalue weighted by Crippen LogP contribution is -2.62. The van der Waals surface area contributed by atoms with E-state index in [2.05, 4.69) is 268 Å². The van der Waals surface area contributed by atoms with Crippen molar-refractivity contribution < 1.29 is 0 Å². The summed E-state index contributed by atoms with van der Waals surface area (Å²) in [7, 11) is 0. The second-order valence-electron chi connectivity index (χ2n) is 25.6. The number of fused-ring (bicyclic) bond motifs is 6. The number of anilines is 9. The van der Waals surface area contributed by atoms with Gasteiger partial charge >= 0.3 is 0 Å². The standard InChI is InChI=1S/C69H72BN3/c1-45-38-62-64-63(39-45)73(59-33-28-47(65(2,3)4)40-52(59)46-22-16-13-17-23-46)60-42-51(71(48-24-18-14-19-25-48)49-26-20-15-21-27-49)30-32-57(60)70(64)58-43-55-56(69(11,12)37-36-68(55,9)10)44-61(58)72(62)50-29-31-53-54(41-50)67(7,8)35-34-66(53,5)6/h13-33,38-44H,34-37H2,1-12H3. The second kappa shape index (κ2) is 16.6. The predicted molar refractivity (Wildman–Crippen MR) is 315 cm³/mol. The fourth-order valence-corrected chi connectivity index (χ4v) is 13.2. The van der Waals surface area contributed by atoms with E-state index in [1.807, 2.05) is 0 Å². The number of nitrogens with zero attached hydrogens (tertiary/aromatic N) is 3. The van der Waals surface area contributed by atoms with E-state index in [4.69, 9.17) is 0 Å². The van der Waals surface area contributed by atoms with Crippen molar-refractivity contribution in [3.63, 3.8) is 0 Å². The summed E-state index contributed by atoms with van der Waals surface area (Å²) in [6, 6.07) is 65.3. The average molecular weight is 954 g/mol. The summed E-state index contributed by atoms with van der Waals surface area (Å²) in [5.74, 6) is 0. The summed E-state index contributed by atoms with van der Waals surface area (Å²) in [5, 5.41) is 0. The topological polar surface area (TPSA) is 9.72 Å². The first-order valence-electron chi connectivity index (χ1n) is 27.0. The molecule has 12 rings (SSSR count). The largest absolute Gasteiger partial charge is 0.311 e. The predicted octanol–water partition coefficient (Wildman–Crippen LogP) is 17.2. The molecule has 2 aliphatic heterocycles. The Hall–Kier alpha value is -6.78. The molecule has 0 fully saturated rings. The molecule has 2 heterocycles. The molecule has 0 amide bonds. The minimum absolute atomic E-state index is 0.0211. The van der Waals surface area contributed by atoms with Gasteiger partial charge in [-0.25, -0.2) is 0 Å². The molecule has 0 saturated carbocycles. The van der Waals surface area contributed by atoms with Crippen LogP contribution in [0, 0.1) is 6.92 Å². The Kier molecular flexibility index (Phi) is 10.8. The number of rotatable bonds is 6. The third kappa shape index (κ3) is 7.68. The van der Waals surface area contributed by atoms with E-state index in [9.17, 15) is 0 Å². The molecule has 4 aliphatic rings. The molecule has 3 nitrogen and oxygen atoms in total. The summed E-state index contributed by atoms with van der Waals surface area (Å²) in [5.41, 5.74) is 26.1. The van der Waals surface area contributed by atoms with Crippen LogP contribution in [0.15, 0.2) is 170 Å². The maximum atomic E-state index is 2.69. The van der Waals surface area contributed by atoms with Crippen LogP contribution in [0.5, 0.6) is 0 Å². The van der Waals surface area contributed by atoms with Crippen LogP contribution in [0.3, 0.4) is 0 Å². The van der Waals surface area contributed by atoms with E-state index < -0.39 is 0 Å². The van der Waals surface area contributed by atoms with Gasteiger partial charge in [-0.05, 0) is 194 Å². The Morgan fingerprint density at radius 1 is 0.425 bits per heavy atom. The van der Waals surface area contributed by atoms with Crippen LogP contribution < -0.4 is 31.1 Å². The van der Waals surface area contributed by atoms with Gasteiger partial charge in [0.1, 0.15) is 0 Å². The van der Waals surface area contributed by atoms with Crippen molar-refractivity contribution in [2.24, 2.45) is 0 Å². The Balaban J connectivity index is 1.20. The van der Waals surface area contributed by atoms with Crippen molar-refractivity contribution in [1.29, 1.82) is 0 Å². The Labute approximate surface area is 437 Å². The number of hydrogen-bond donors (Lipinski definition) is 0. The van der Waals surface area contributed by atoms with Crippen LogP contribution in [-0.2, 0) is 27.1 Å². The molecule has 0 N–H and O–H groups in total. The second-order valence-corrected chi connectivity index (χ2v) is 25.6. The van der Waals surface area contributed by atoms with Gasteiger partial charge < -0.3 is 14.7 Å². The monoisotopic (exact) mass is 954 g/mol. The van der Waals surface area contributed by atoms with Gasteiger partial charge in [-0.1, -0.05) is 167 Å². The molecule has 8 aromatic rings. The van der Waals surface area contributed by atoms with E-state index in [1.54, 1.807) is 0 Å². The molecule has 0 unspecified atom stereocenters. The fraction of sp³-hybridized carbons (Fsp3) is 0.304. The van der Waals surface area contributed by atoms with Gasteiger partial charge in [0.25, 0.3) is 6.71 Å². The van der Waals surface area contributed by atoms with Crippen molar-refractivity contribution >= 4 is 74.3 Å². The molecule has 73 heavy (non-hydrogen) atoms. The highest BCUT2D eigenvalue weighted by atomic mass is 15.2. The lowest BCUT2D eigenvalue weighted by Gasteiger charge is -2.48.